The molecule has 26 heavy (non-hydrogen) atoms. The zero-order valence-corrected chi connectivity index (χ0v) is 14.9. The second kappa shape index (κ2) is 7.13. The van der Waals surface area contributed by atoms with Gasteiger partial charge in [-0.05, 0) is 72.5 Å². The summed E-state index contributed by atoms with van der Waals surface area (Å²) in [6.07, 6.45) is 2.22. The summed E-state index contributed by atoms with van der Waals surface area (Å²) in [5, 5.41) is 15.1. The summed E-state index contributed by atoms with van der Waals surface area (Å²) < 4.78 is 1.69. The van der Waals surface area contributed by atoms with Crippen molar-refractivity contribution in [1.29, 1.82) is 0 Å². The van der Waals surface area contributed by atoms with E-state index >= 15 is 0 Å². The molecule has 1 atom stereocenters. The van der Waals surface area contributed by atoms with Crippen molar-refractivity contribution in [1.82, 2.24) is 20.2 Å². The smallest absolute Gasteiger partial charge is 0.153 e. The standard InChI is InChI=1S/C19H22N6O/c1-13-9-10-18-15(5-3-8-19(18)20-13)12-26-22-16-6-4-7-17(11-16)25-14(2)21-23-24-25/h3-8,11,13,20,22H,9-10,12H2,1-2H3. The number of nitrogens with zero attached hydrogens (tertiary/aromatic N) is 4. The van der Waals surface area contributed by atoms with Crippen molar-refractivity contribution in [3.63, 3.8) is 0 Å². The van der Waals surface area contributed by atoms with Gasteiger partial charge in [0.25, 0.3) is 0 Å². The first-order valence-corrected chi connectivity index (χ1v) is 8.81. The Morgan fingerprint density at radius 2 is 2.15 bits per heavy atom. The third-order valence-electron chi connectivity index (χ3n) is 4.64. The number of aryl methyl sites for hydroxylation is 1. The molecule has 0 bridgehead atoms. The highest BCUT2D eigenvalue weighted by molar-refractivity contribution is 5.57. The second-order valence-corrected chi connectivity index (χ2v) is 6.61. The lowest BCUT2D eigenvalue weighted by Gasteiger charge is -2.26. The van der Waals surface area contributed by atoms with E-state index in [0.717, 1.165) is 30.0 Å². The molecular formula is C19H22N6O. The summed E-state index contributed by atoms with van der Waals surface area (Å²) in [5.41, 5.74) is 8.55. The Kier molecular flexibility index (Phi) is 4.53. The van der Waals surface area contributed by atoms with Crippen LogP contribution in [0.25, 0.3) is 5.69 Å². The third kappa shape index (κ3) is 3.39. The SMILES string of the molecule is Cc1nnnn1-c1cccc(NOCc2cccc3c2CCC(C)N3)c1. The van der Waals surface area contributed by atoms with E-state index in [1.807, 2.05) is 31.2 Å². The number of benzene rings is 2. The van der Waals surface area contributed by atoms with Crippen LogP contribution < -0.4 is 10.8 Å². The van der Waals surface area contributed by atoms with Crippen LogP contribution in [0.15, 0.2) is 42.5 Å². The van der Waals surface area contributed by atoms with Crippen LogP contribution in [0.4, 0.5) is 11.4 Å². The minimum absolute atomic E-state index is 0.507. The summed E-state index contributed by atoms with van der Waals surface area (Å²) in [7, 11) is 0. The van der Waals surface area contributed by atoms with Gasteiger partial charge in [-0.15, -0.1) is 5.10 Å². The molecule has 4 rings (SSSR count). The zero-order valence-electron chi connectivity index (χ0n) is 14.9. The minimum Gasteiger partial charge on any atom is -0.382 e. The summed E-state index contributed by atoms with van der Waals surface area (Å²) in [6, 6.07) is 14.7. The van der Waals surface area contributed by atoms with Gasteiger partial charge in [0.15, 0.2) is 5.82 Å². The van der Waals surface area contributed by atoms with Gasteiger partial charge in [0, 0.05) is 11.7 Å². The molecule has 7 nitrogen and oxygen atoms in total. The van der Waals surface area contributed by atoms with E-state index in [-0.39, 0.29) is 0 Å². The lowest BCUT2D eigenvalue weighted by Crippen LogP contribution is -2.23. The Morgan fingerprint density at radius 1 is 1.27 bits per heavy atom. The molecule has 2 N–H and O–H groups in total. The van der Waals surface area contributed by atoms with Crippen LogP contribution in [0, 0.1) is 6.92 Å². The van der Waals surface area contributed by atoms with Gasteiger partial charge in [-0.2, -0.15) is 4.68 Å². The molecule has 1 unspecified atom stereocenters. The van der Waals surface area contributed by atoms with Crippen LogP contribution in [0.5, 0.6) is 0 Å². The zero-order chi connectivity index (χ0) is 17.9. The minimum atomic E-state index is 0.507. The van der Waals surface area contributed by atoms with Crippen molar-refractivity contribution in [3.8, 4) is 5.69 Å². The number of rotatable bonds is 5. The van der Waals surface area contributed by atoms with E-state index in [1.54, 1.807) is 4.68 Å². The number of anilines is 2. The van der Waals surface area contributed by atoms with Gasteiger partial charge in [-0.25, -0.2) is 0 Å². The van der Waals surface area contributed by atoms with Gasteiger partial charge in [0.1, 0.15) is 0 Å². The Balaban J connectivity index is 1.43. The Morgan fingerprint density at radius 3 is 3.00 bits per heavy atom. The Labute approximate surface area is 152 Å². The van der Waals surface area contributed by atoms with E-state index in [4.69, 9.17) is 4.84 Å². The molecule has 3 aromatic rings. The molecule has 0 saturated heterocycles. The van der Waals surface area contributed by atoms with Gasteiger partial charge in [-0.1, -0.05) is 18.2 Å². The number of nitrogens with one attached hydrogen (secondary N) is 2. The summed E-state index contributed by atoms with van der Waals surface area (Å²) >= 11 is 0. The average Bonchev–Trinajstić information content (AvgIpc) is 3.08. The maximum Gasteiger partial charge on any atom is 0.153 e. The maximum atomic E-state index is 5.76. The molecule has 0 spiro atoms. The highest BCUT2D eigenvalue weighted by atomic mass is 16.6. The number of hydrogen-bond donors (Lipinski definition) is 2. The number of hydrogen-bond acceptors (Lipinski definition) is 6. The molecule has 7 heteroatoms. The molecule has 0 radical (unpaired) electrons. The van der Waals surface area contributed by atoms with Crippen molar-refractivity contribution in [2.75, 3.05) is 10.8 Å². The fourth-order valence-electron chi connectivity index (χ4n) is 3.27. The fraction of sp³-hybridized carbons (Fsp3) is 0.316. The van der Waals surface area contributed by atoms with E-state index in [2.05, 4.69) is 51.4 Å². The van der Waals surface area contributed by atoms with Gasteiger partial charge < -0.3 is 5.32 Å². The van der Waals surface area contributed by atoms with Crippen molar-refractivity contribution in [2.45, 2.75) is 39.3 Å². The first-order valence-electron chi connectivity index (χ1n) is 8.81. The first kappa shape index (κ1) is 16.5. The molecule has 0 aliphatic carbocycles. The highest BCUT2D eigenvalue weighted by Crippen LogP contribution is 2.28. The van der Waals surface area contributed by atoms with Gasteiger partial charge >= 0.3 is 0 Å². The van der Waals surface area contributed by atoms with Crippen molar-refractivity contribution in [3.05, 3.63) is 59.4 Å². The highest BCUT2D eigenvalue weighted by Gasteiger charge is 2.16. The largest absolute Gasteiger partial charge is 0.382 e. The van der Waals surface area contributed by atoms with E-state index in [9.17, 15) is 0 Å². The van der Waals surface area contributed by atoms with E-state index in [1.165, 1.54) is 16.8 Å². The molecule has 2 heterocycles. The number of aromatic nitrogens is 4. The van der Waals surface area contributed by atoms with Crippen LogP contribution in [-0.2, 0) is 17.9 Å². The van der Waals surface area contributed by atoms with Crippen LogP contribution in [0.1, 0.15) is 30.3 Å². The lowest BCUT2D eigenvalue weighted by atomic mass is 9.95. The topological polar surface area (TPSA) is 76.9 Å². The van der Waals surface area contributed by atoms with Crippen LogP contribution in [-0.4, -0.2) is 26.2 Å². The molecule has 1 aliphatic rings. The van der Waals surface area contributed by atoms with Crippen molar-refractivity contribution in [2.24, 2.45) is 0 Å². The van der Waals surface area contributed by atoms with Gasteiger partial charge in [-0.3, -0.25) is 10.3 Å². The van der Waals surface area contributed by atoms with E-state index < -0.39 is 0 Å². The Bertz CT molecular complexity index is 907. The summed E-state index contributed by atoms with van der Waals surface area (Å²) in [5.74, 6) is 0.737. The predicted octanol–water partition coefficient (Wildman–Crippen LogP) is 3.26. The third-order valence-corrected chi connectivity index (χ3v) is 4.64. The summed E-state index contributed by atoms with van der Waals surface area (Å²) in [4.78, 5) is 5.76. The molecule has 0 saturated carbocycles. The first-order chi connectivity index (χ1) is 12.7. The van der Waals surface area contributed by atoms with Crippen LogP contribution in [0.3, 0.4) is 0 Å². The maximum absolute atomic E-state index is 5.76. The second-order valence-electron chi connectivity index (χ2n) is 6.61. The summed E-state index contributed by atoms with van der Waals surface area (Å²) in [6.45, 7) is 4.59. The van der Waals surface area contributed by atoms with Crippen molar-refractivity contribution < 1.29 is 4.84 Å². The number of fused-ring (bicyclic) bond motifs is 1. The van der Waals surface area contributed by atoms with Gasteiger partial charge in [0.2, 0.25) is 0 Å². The predicted molar refractivity (Wildman–Crippen MR) is 100 cm³/mol. The fourth-order valence-corrected chi connectivity index (χ4v) is 3.27. The number of tetrazole rings is 1. The van der Waals surface area contributed by atoms with Crippen LogP contribution in [0.2, 0.25) is 0 Å². The molecule has 134 valence electrons. The molecular weight excluding hydrogens is 328 g/mol. The Hall–Kier alpha value is -2.93. The van der Waals surface area contributed by atoms with Crippen LogP contribution >= 0.6 is 0 Å². The van der Waals surface area contributed by atoms with E-state index in [0.29, 0.717) is 12.6 Å². The normalized spacial score (nSPS) is 16.0. The monoisotopic (exact) mass is 350 g/mol. The molecule has 0 fully saturated rings. The molecule has 0 amide bonds. The molecule has 2 aromatic carbocycles. The average molecular weight is 350 g/mol. The molecule has 1 aliphatic heterocycles. The van der Waals surface area contributed by atoms with Crippen molar-refractivity contribution >= 4 is 11.4 Å². The van der Waals surface area contributed by atoms with Gasteiger partial charge in [0.05, 0.1) is 18.0 Å². The molecule has 1 aromatic heterocycles. The lowest BCUT2D eigenvalue weighted by molar-refractivity contribution is 0.179. The quantitative estimate of drug-likeness (QED) is 0.688.